The second-order valence-corrected chi connectivity index (χ2v) is 7.39. The number of hydrogen-bond donors (Lipinski definition) is 2. The van der Waals surface area contributed by atoms with Gasteiger partial charge in [-0.15, -0.1) is 0 Å². The third-order valence-electron chi connectivity index (χ3n) is 4.24. The minimum Gasteiger partial charge on any atom is -0.484 e. The zero-order valence-corrected chi connectivity index (χ0v) is 17.5. The Kier molecular flexibility index (Phi) is 7.03. The van der Waals surface area contributed by atoms with Crippen LogP contribution in [0.5, 0.6) is 5.75 Å². The lowest BCUT2D eigenvalue weighted by atomic mass is 10.1. The fourth-order valence-corrected chi connectivity index (χ4v) is 2.98. The van der Waals surface area contributed by atoms with Gasteiger partial charge in [-0.1, -0.05) is 52.3 Å². The Morgan fingerprint density at radius 2 is 1.69 bits per heavy atom. The number of ether oxygens (including phenoxy) is 1. The van der Waals surface area contributed by atoms with Crippen LogP contribution in [0.25, 0.3) is 0 Å². The van der Waals surface area contributed by atoms with Gasteiger partial charge in [0.15, 0.2) is 6.61 Å². The van der Waals surface area contributed by atoms with Crippen LogP contribution in [0.2, 0.25) is 0 Å². The molecule has 3 aromatic rings. The average Bonchev–Trinajstić information content (AvgIpc) is 2.74. The summed E-state index contributed by atoms with van der Waals surface area (Å²) in [6.45, 7) is 1.81. The average molecular weight is 453 g/mol. The van der Waals surface area contributed by atoms with Crippen LogP contribution in [0.4, 0.5) is 5.69 Å². The van der Waals surface area contributed by atoms with Gasteiger partial charge < -0.3 is 15.4 Å². The highest BCUT2D eigenvalue weighted by Gasteiger charge is 2.12. The monoisotopic (exact) mass is 452 g/mol. The van der Waals surface area contributed by atoms with Crippen LogP contribution in [0, 0.1) is 0 Å². The van der Waals surface area contributed by atoms with E-state index in [0.717, 1.165) is 10.0 Å². The van der Waals surface area contributed by atoms with Crippen LogP contribution in [-0.2, 0) is 4.79 Å². The summed E-state index contributed by atoms with van der Waals surface area (Å²) in [5, 5.41) is 5.71. The Morgan fingerprint density at radius 3 is 2.41 bits per heavy atom. The molecule has 5 nitrogen and oxygen atoms in total. The molecule has 148 valence electrons. The molecule has 0 radical (unpaired) electrons. The highest BCUT2D eigenvalue weighted by atomic mass is 79.9. The van der Waals surface area contributed by atoms with Crippen molar-refractivity contribution in [2.75, 3.05) is 11.9 Å². The number of nitrogens with one attached hydrogen (secondary N) is 2. The van der Waals surface area contributed by atoms with Crippen LogP contribution < -0.4 is 15.4 Å². The van der Waals surface area contributed by atoms with Crippen molar-refractivity contribution in [1.82, 2.24) is 5.32 Å². The topological polar surface area (TPSA) is 67.4 Å². The lowest BCUT2D eigenvalue weighted by Gasteiger charge is -2.15. The van der Waals surface area contributed by atoms with Crippen molar-refractivity contribution in [2.45, 2.75) is 13.0 Å². The predicted molar refractivity (Wildman–Crippen MR) is 117 cm³/mol. The molecule has 6 heteroatoms. The zero-order chi connectivity index (χ0) is 20.6. The zero-order valence-electron chi connectivity index (χ0n) is 15.9. The SMILES string of the molecule is CC(NC(=O)c1cccc(NC(=O)COc2ccc(Br)cc2)c1)c1ccccc1. The third kappa shape index (κ3) is 6.19. The third-order valence-corrected chi connectivity index (χ3v) is 4.77. The smallest absolute Gasteiger partial charge is 0.262 e. The maximum atomic E-state index is 12.6. The summed E-state index contributed by atoms with van der Waals surface area (Å²) in [7, 11) is 0. The Balaban J connectivity index is 1.56. The normalized spacial score (nSPS) is 11.4. The van der Waals surface area contributed by atoms with E-state index in [9.17, 15) is 9.59 Å². The highest BCUT2D eigenvalue weighted by Crippen LogP contribution is 2.17. The van der Waals surface area contributed by atoms with Gasteiger partial charge in [0.2, 0.25) is 0 Å². The first-order chi connectivity index (χ1) is 14.0. The Hall–Kier alpha value is -3.12. The number of amides is 2. The van der Waals surface area contributed by atoms with E-state index in [-0.39, 0.29) is 24.5 Å². The van der Waals surface area contributed by atoms with Crippen molar-refractivity contribution in [3.05, 3.63) is 94.5 Å². The first-order valence-corrected chi connectivity index (χ1v) is 9.94. The molecule has 29 heavy (non-hydrogen) atoms. The van der Waals surface area contributed by atoms with E-state index in [1.54, 1.807) is 36.4 Å². The summed E-state index contributed by atoms with van der Waals surface area (Å²) in [6, 6.07) is 23.7. The molecule has 0 aromatic heterocycles. The lowest BCUT2D eigenvalue weighted by molar-refractivity contribution is -0.118. The van der Waals surface area contributed by atoms with Crippen molar-refractivity contribution >= 4 is 33.4 Å². The first kappa shape index (κ1) is 20.6. The van der Waals surface area contributed by atoms with E-state index in [2.05, 4.69) is 26.6 Å². The maximum absolute atomic E-state index is 12.6. The van der Waals surface area contributed by atoms with Gasteiger partial charge in [-0.2, -0.15) is 0 Å². The number of anilines is 1. The van der Waals surface area contributed by atoms with E-state index in [1.807, 2.05) is 49.4 Å². The summed E-state index contributed by atoms with van der Waals surface area (Å²) < 4.78 is 6.40. The molecule has 1 unspecified atom stereocenters. The van der Waals surface area contributed by atoms with Gasteiger partial charge in [0, 0.05) is 15.7 Å². The van der Waals surface area contributed by atoms with Gasteiger partial charge in [0.25, 0.3) is 11.8 Å². The number of carbonyl (C=O) groups is 2. The number of carbonyl (C=O) groups excluding carboxylic acids is 2. The predicted octanol–water partition coefficient (Wildman–Crippen LogP) is 4.96. The summed E-state index contributed by atoms with van der Waals surface area (Å²) in [5.41, 5.74) is 2.03. The van der Waals surface area contributed by atoms with Crippen molar-refractivity contribution in [2.24, 2.45) is 0 Å². The van der Waals surface area contributed by atoms with Crippen LogP contribution in [0.15, 0.2) is 83.3 Å². The van der Waals surface area contributed by atoms with Crippen LogP contribution in [-0.4, -0.2) is 18.4 Å². The summed E-state index contributed by atoms with van der Waals surface area (Å²) in [5.74, 6) is 0.0954. The van der Waals surface area contributed by atoms with Gasteiger partial charge >= 0.3 is 0 Å². The molecule has 2 amide bonds. The lowest BCUT2D eigenvalue weighted by Crippen LogP contribution is -2.27. The van der Waals surface area contributed by atoms with Gasteiger partial charge in [-0.3, -0.25) is 9.59 Å². The van der Waals surface area contributed by atoms with Gasteiger partial charge in [-0.05, 0) is 55.0 Å². The van der Waals surface area contributed by atoms with Crippen molar-refractivity contribution in [1.29, 1.82) is 0 Å². The molecule has 0 aliphatic carbocycles. The van der Waals surface area contributed by atoms with Gasteiger partial charge in [0.05, 0.1) is 6.04 Å². The summed E-state index contributed by atoms with van der Waals surface area (Å²) >= 11 is 3.35. The minimum atomic E-state index is -0.303. The van der Waals surface area contributed by atoms with E-state index in [4.69, 9.17) is 4.74 Å². The molecule has 3 rings (SSSR count). The number of rotatable bonds is 7. The molecule has 0 saturated heterocycles. The molecule has 0 aliphatic heterocycles. The van der Waals surface area contributed by atoms with Gasteiger partial charge in [-0.25, -0.2) is 0 Å². The Morgan fingerprint density at radius 1 is 0.966 bits per heavy atom. The Labute approximate surface area is 178 Å². The molecule has 0 spiro atoms. The fourth-order valence-electron chi connectivity index (χ4n) is 2.72. The molecular formula is C23H21BrN2O3. The molecule has 0 aliphatic rings. The first-order valence-electron chi connectivity index (χ1n) is 9.15. The standard InChI is InChI=1S/C23H21BrN2O3/c1-16(17-6-3-2-4-7-17)25-23(28)18-8-5-9-20(14-18)26-22(27)15-29-21-12-10-19(24)11-13-21/h2-14,16H,15H2,1H3,(H,25,28)(H,26,27). The van der Waals surface area contributed by atoms with Gasteiger partial charge in [0.1, 0.15) is 5.75 Å². The summed E-state index contributed by atoms with van der Waals surface area (Å²) in [4.78, 5) is 24.7. The molecule has 3 aromatic carbocycles. The molecule has 2 N–H and O–H groups in total. The van der Waals surface area contributed by atoms with E-state index < -0.39 is 0 Å². The Bertz CT molecular complexity index is 975. The molecule has 0 bridgehead atoms. The maximum Gasteiger partial charge on any atom is 0.262 e. The van der Waals surface area contributed by atoms with Crippen LogP contribution >= 0.6 is 15.9 Å². The largest absolute Gasteiger partial charge is 0.484 e. The second kappa shape index (κ2) is 9.89. The molecule has 0 fully saturated rings. The van der Waals surface area contributed by atoms with Crippen LogP contribution in [0.3, 0.4) is 0 Å². The molecule has 0 heterocycles. The highest BCUT2D eigenvalue weighted by molar-refractivity contribution is 9.10. The quantitative estimate of drug-likeness (QED) is 0.532. The van der Waals surface area contributed by atoms with E-state index in [0.29, 0.717) is 17.0 Å². The van der Waals surface area contributed by atoms with Crippen LogP contribution in [0.1, 0.15) is 28.9 Å². The van der Waals surface area contributed by atoms with Crippen molar-refractivity contribution < 1.29 is 14.3 Å². The van der Waals surface area contributed by atoms with Crippen molar-refractivity contribution in [3.8, 4) is 5.75 Å². The minimum absolute atomic E-state index is 0.122. The number of hydrogen-bond acceptors (Lipinski definition) is 3. The van der Waals surface area contributed by atoms with E-state index in [1.165, 1.54) is 0 Å². The molecular weight excluding hydrogens is 432 g/mol. The second-order valence-electron chi connectivity index (χ2n) is 6.48. The molecule has 1 atom stereocenters. The number of halogens is 1. The number of benzene rings is 3. The molecule has 0 saturated carbocycles. The van der Waals surface area contributed by atoms with Crippen molar-refractivity contribution in [3.63, 3.8) is 0 Å². The fraction of sp³-hybridized carbons (Fsp3) is 0.130. The van der Waals surface area contributed by atoms with E-state index >= 15 is 0 Å². The summed E-state index contributed by atoms with van der Waals surface area (Å²) in [6.07, 6.45) is 0.